The smallest absolute Gasteiger partial charge is 0.0351 e. The SMILES string of the molecule is ClCCN1C2CCC1CC(c1ccc3ccccc3c1)C2. The Morgan fingerprint density at radius 2 is 1.67 bits per heavy atom. The summed E-state index contributed by atoms with van der Waals surface area (Å²) in [5, 5.41) is 2.73. The molecule has 2 aromatic carbocycles. The minimum Gasteiger partial charge on any atom is -0.296 e. The zero-order valence-electron chi connectivity index (χ0n) is 12.3. The van der Waals surface area contributed by atoms with Gasteiger partial charge in [-0.1, -0.05) is 42.5 Å². The molecule has 2 bridgehead atoms. The van der Waals surface area contributed by atoms with Crippen molar-refractivity contribution in [2.45, 2.75) is 43.7 Å². The molecule has 0 aliphatic carbocycles. The van der Waals surface area contributed by atoms with Crippen molar-refractivity contribution in [1.82, 2.24) is 4.90 Å². The van der Waals surface area contributed by atoms with Gasteiger partial charge in [0.2, 0.25) is 0 Å². The number of hydrogen-bond acceptors (Lipinski definition) is 1. The second kappa shape index (κ2) is 5.62. The van der Waals surface area contributed by atoms with Crippen LogP contribution in [0.15, 0.2) is 42.5 Å². The summed E-state index contributed by atoms with van der Waals surface area (Å²) in [6, 6.07) is 17.3. The van der Waals surface area contributed by atoms with E-state index in [1.54, 1.807) is 0 Å². The Balaban J connectivity index is 1.59. The number of nitrogens with zero attached hydrogens (tertiary/aromatic N) is 1. The summed E-state index contributed by atoms with van der Waals surface area (Å²) >= 11 is 5.97. The zero-order valence-corrected chi connectivity index (χ0v) is 13.1. The third-order valence-electron chi connectivity index (χ3n) is 5.47. The van der Waals surface area contributed by atoms with Crippen LogP contribution in [0.5, 0.6) is 0 Å². The molecule has 2 heterocycles. The van der Waals surface area contributed by atoms with Crippen LogP contribution < -0.4 is 0 Å². The largest absolute Gasteiger partial charge is 0.296 e. The number of halogens is 1. The lowest BCUT2D eigenvalue weighted by molar-refractivity contribution is 0.135. The van der Waals surface area contributed by atoms with Crippen molar-refractivity contribution in [3.63, 3.8) is 0 Å². The third-order valence-corrected chi connectivity index (χ3v) is 5.64. The summed E-state index contributed by atoms with van der Waals surface area (Å²) < 4.78 is 0. The predicted octanol–water partition coefficient (Wildman–Crippen LogP) is 4.79. The second-order valence-electron chi connectivity index (χ2n) is 6.59. The first-order valence-corrected chi connectivity index (χ1v) is 8.69. The third kappa shape index (κ3) is 2.47. The molecule has 0 aromatic heterocycles. The molecule has 0 radical (unpaired) electrons. The number of fused-ring (bicyclic) bond motifs is 3. The Bertz CT molecular complexity index is 624. The summed E-state index contributed by atoms with van der Waals surface area (Å²) in [4.78, 5) is 2.67. The first-order chi connectivity index (χ1) is 10.3. The van der Waals surface area contributed by atoms with Gasteiger partial charge >= 0.3 is 0 Å². The van der Waals surface area contributed by atoms with Crippen molar-refractivity contribution < 1.29 is 0 Å². The van der Waals surface area contributed by atoms with Crippen LogP contribution in [-0.4, -0.2) is 29.4 Å². The highest BCUT2D eigenvalue weighted by atomic mass is 35.5. The molecule has 2 fully saturated rings. The first-order valence-electron chi connectivity index (χ1n) is 8.15. The number of rotatable bonds is 3. The van der Waals surface area contributed by atoms with E-state index in [-0.39, 0.29) is 0 Å². The Morgan fingerprint density at radius 3 is 2.38 bits per heavy atom. The Labute approximate surface area is 131 Å². The van der Waals surface area contributed by atoms with Gasteiger partial charge < -0.3 is 0 Å². The van der Waals surface area contributed by atoms with Crippen molar-refractivity contribution in [2.75, 3.05) is 12.4 Å². The molecule has 2 unspecified atom stereocenters. The van der Waals surface area contributed by atoms with Crippen LogP contribution in [0, 0.1) is 0 Å². The van der Waals surface area contributed by atoms with Gasteiger partial charge in [-0.2, -0.15) is 0 Å². The minimum absolute atomic E-state index is 0.735. The molecule has 0 N–H and O–H groups in total. The Hall–Kier alpha value is -1.05. The molecule has 2 heteroatoms. The summed E-state index contributed by atoms with van der Waals surface area (Å²) in [6.07, 6.45) is 5.36. The normalized spacial score (nSPS) is 29.1. The van der Waals surface area contributed by atoms with E-state index in [1.165, 1.54) is 42.0 Å². The van der Waals surface area contributed by atoms with Gasteiger partial charge in [0.15, 0.2) is 0 Å². The molecule has 2 saturated heterocycles. The molecule has 2 aromatic rings. The number of alkyl halides is 1. The maximum atomic E-state index is 5.97. The molecule has 2 aliphatic rings. The van der Waals surface area contributed by atoms with Crippen molar-refractivity contribution >= 4 is 22.4 Å². The quantitative estimate of drug-likeness (QED) is 0.737. The highest BCUT2D eigenvalue weighted by molar-refractivity contribution is 6.18. The first kappa shape index (κ1) is 13.6. The van der Waals surface area contributed by atoms with Crippen LogP contribution >= 0.6 is 11.6 Å². The number of hydrogen-bond donors (Lipinski definition) is 0. The molecule has 0 spiro atoms. The second-order valence-corrected chi connectivity index (χ2v) is 6.96. The standard InChI is InChI=1S/C19H22ClN/c20-9-10-21-18-7-8-19(21)13-17(12-18)16-6-5-14-3-1-2-4-15(14)11-16/h1-6,11,17-19H,7-10,12-13H2. The summed E-state index contributed by atoms with van der Waals surface area (Å²) in [5.41, 5.74) is 1.54. The van der Waals surface area contributed by atoms with Gasteiger partial charge in [-0.25, -0.2) is 0 Å². The van der Waals surface area contributed by atoms with E-state index in [0.29, 0.717) is 0 Å². The highest BCUT2D eigenvalue weighted by Crippen LogP contribution is 2.43. The van der Waals surface area contributed by atoms with Gasteiger partial charge in [0, 0.05) is 24.5 Å². The Kier molecular flexibility index (Phi) is 3.64. The van der Waals surface area contributed by atoms with Crippen molar-refractivity contribution in [1.29, 1.82) is 0 Å². The van der Waals surface area contributed by atoms with Crippen molar-refractivity contribution in [2.24, 2.45) is 0 Å². The lowest BCUT2D eigenvalue weighted by Crippen LogP contribution is -2.43. The van der Waals surface area contributed by atoms with E-state index < -0.39 is 0 Å². The molecule has 21 heavy (non-hydrogen) atoms. The molecular weight excluding hydrogens is 278 g/mol. The van der Waals surface area contributed by atoms with Crippen molar-refractivity contribution in [3.05, 3.63) is 48.0 Å². The van der Waals surface area contributed by atoms with Gasteiger partial charge in [0.25, 0.3) is 0 Å². The molecule has 1 nitrogen and oxygen atoms in total. The van der Waals surface area contributed by atoms with Crippen LogP contribution in [0.25, 0.3) is 10.8 Å². The van der Waals surface area contributed by atoms with E-state index in [4.69, 9.17) is 11.6 Å². The molecule has 2 atom stereocenters. The van der Waals surface area contributed by atoms with Crippen LogP contribution in [0.3, 0.4) is 0 Å². The molecule has 4 rings (SSSR count). The summed E-state index contributed by atoms with van der Waals surface area (Å²) in [7, 11) is 0. The average molecular weight is 300 g/mol. The van der Waals surface area contributed by atoms with E-state index >= 15 is 0 Å². The van der Waals surface area contributed by atoms with Gasteiger partial charge in [-0.3, -0.25) is 4.90 Å². The molecule has 2 aliphatic heterocycles. The highest BCUT2D eigenvalue weighted by Gasteiger charge is 2.40. The average Bonchev–Trinajstić information content (AvgIpc) is 2.76. The fourth-order valence-electron chi connectivity index (χ4n) is 4.47. The molecule has 110 valence electrons. The maximum absolute atomic E-state index is 5.97. The van der Waals surface area contributed by atoms with Gasteiger partial charge in [-0.15, -0.1) is 11.6 Å². The number of piperidine rings is 1. The van der Waals surface area contributed by atoms with Crippen LogP contribution in [0.2, 0.25) is 0 Å². The molecule has 0 saturated carbocycles. The minimum atomic E-state index is 0.735. The fraction of sp³-hybridized carbons (Fsp3) is 0.474. The lowest BCUT2D eigenvalue weighted by Gasteiger charge is -2.39. The summed E-state index contributed by atoms with van der Waals surface area (Å²) in [5.74, 6) is 1.51. The maximum Gasteiger partial charge on any atom is 0.0351 e. The topological polar surface area (TPSA) is 3.24 Å². The molecule has 0 amide bonds. The van der Waals surface area contributed by atoms with E-state index in [2.05, 4.69) is 47.4 Å². The van der Waals surface area contributed by atoms with Gasteiger partial charge in [-0.05, 0) is 47.9 Å². The van der Waals surface area contributed by atoms with E-state index in [0.717, 1.165) is 30.4 Å². The Morgan fingerprint density at radius 1 is 0.952 bits per heavy atom. The zero-order chi connectivity index (χ0) is 14.2. The van der Waals surface area contributed by atoms with Crippen LogP contribution in [-0.2, 0) is 0 Å². The lowest BCUT2D eigenvalue weighted by atomic mass is 9.84. The van der Waals surface area contributed by atoms with Gasteiger partial charge in [0.05, 0.1) is 0 Å². The molecular formula is C19H22ClN. The van der Waals surface area contributed by atoms with Crippen LogP contribution in [0.4, 0.5) is 0 Å². The fourth-order valence-corrected chi connectivity index (χ4v) is 4.67. The number of benzene rings is 2. The van der Waals surface area contributed by atoms with Gasteiger partial charge in [0.1, 0.15) is 0 Å². The predicted molar refractivity (Wildman–Crippen MR) is 90.2 cm³/mol. The summed E-state index contributed by atoms with van der Waals surface area (Å²) in [6.45, 7) is 1.07. The monoisotopic (exact) mass is 299 g/mol. The van der Waals surface area contributed by atoms with E-state index in [1.807, 2.05) is 0 Å². The van der Waals surface area contributed by atoms with Crippen LogP contribution in [0.1, 0.15) is 37.2 Å². The van der Waals surface area contributed by atoms with E-state index in [9.17, 15) is 0 Å². The van der Waals surface area contributed by atoms with Crippen molar-refractivity contribution in [3.8, 4) is 0 Å².